The van der Waals surface area contributed by atoms with Crippen molar-refractivity contribution in [2.75, 3.05) is 19.8 Å². The second-order valence-electron chi connectivity index (χ2n) is 7.02. The lowest BCUT2D eigenvalue weighted by atomic mass is 9.88. The number of carbonyl (C=O) groups excluding carboxylic acids is 2. The topological polar surface area (TPSA) is 64.6 Å². The minimum atomic E-state index is -0.578. The average molecular weight is 418 g/mol. The Morgan fingerprint density at radius 2 is 1.42 bits per heavy atom. The van der Waals surface area contributed by atoms with E-state index in [1.165, 1.54) is 11.1 Å². The van der Waals surface area contributed by atoms with Gasteiger partial charge in [0.25, 0.3) is 5.91 Å². The van der Waals surface area contributed by atoms with E-state index in [0.29, 0.717) is 24.5 Å². The molecule has 0 aromatic heterocycles. The molecule has 1 amide bonds. The van der Waals surface area contributed by atoms with Crippen LogP contribution in [0.1, 0.15) is 40.7 Å². The minimum absolute atomic E-state index is 0.170. The summed E-state index contributed by atoms with van der Waals surface area (Å²) in [6, 6.07) is 27.3. The number of rotatable bonds is 10. The molecule has 3 aromatic carbocycles. The number of esters is 1. The van der Waals surface area contributed by atoms with Crippen LogP contribution in [0.3, 0.4) is 0 Å². The molecule has 0 bridgehead atoms. The number of para-hydroxylation sites is 1. The Balaban J connectivity index is 1.52. The summed E-state index contributed by atoms with van der Waals surface area (Å²) in [7, 11) is 0. The van der Waals surface area contributed by atoms with Crippen molar-refractivity contribution in [1.82, 2.24) is 5.32 Å². The van der Waals surface area contributed by atoms with Gasteiger partial charge in [-0.25, -0.2) is 4.79 Å². The zero-order valence-corrected chi connectivity index (χ0v) is 17.6. The monoisotopic (exact) mass is 417 g/mol. The average Bonchev–Trinajstić information content (AvgIpc) is 2.82. The smallest absolute Gasteiger partial charge is 0.342 e. The normalized spacial score (nSPS) is 10.5. The van der Waals surface area contributed by atoms with Crippen LogP contribution in [0.2, 0.25) is 0 Å². The van der Waals surface area contributed by atoms with E-state index in [4.69, 9.17) is 9.47 Å². The molecule has 5 heteroatoms. The van der Waals surface area contributed by atoms with Crippen LogP contribution >= 0.6 is 0 Å². The second-order valence-corrected chi connectivity index (χ2v) is 7.02. The summed E-state index contributed by atoms with van der Waals surface area (Å²) in [4.78, 5) is 24.5. The van der Waals surface area contributed by atoms with E-state index in [1.54, 1.807) is 24.3 Å². The van der Waals surface area contributed by atoms with Gasteiger partial charge in [-0.05, 0) is 36.6 Å². The highest BCUT2D eigenvalue weighted by Gasteiger charge is 2.16. The third-order valence-corrected chi connectivity index (χ3v) is 4.90. The predicted octanol–water partition coefficient (Wildman–Crippen LogP) is 4.58. The van der Waals surface area contributed by atoms with Crippen LogP contribution < -0.4 is 10.1 Å². The van der Waals surface area contributed by atoms with Gasteiger partial charge in [0.1, 0.15) is 11.3 Å². The molecule has 0 radical (unpaired) electrons. The summed E-state index contributed by atoms with van der Waals surface area (Å²) in [6.45, 7) is 2.42. The lowest BCUT2D eigenvalue weighted by molar-refractivity contribution is -0.124. The van der Waals surface area contributed by atoms with Gasteiger partial charge in [-0.1, -0.05) is 72.8 Å². The van der Waals surface area contributed by atoms with Gasteiger partial charge in [0, 0.05) is 12.5 Å². The molecule has 0 saturated heterocycles. The van der Waals surface area contributed by atoms with Gasteiger partial charge in [0.15, 0.2) is 6.61 Å². The lowest BCUT2D eigenvalue weighted by Gasteiger charge is -2.18. The fraction of sp³-hybridized carbons (Fsp3) is 0.231. The summed E-state index contributed by atoms with van der Waals surface area (Å²) < 4.78 is 10.6. The number of hydrogen-bond acceptors (Lipinski definition) is 4. The van der Waals surface area contributed by atoms with E-state index in [9.17, 15) is 9.59 Å². The molecule has 0 unspecified atom stereocenters. The van der Waals surface area contributed by atoms with E-state index in [0.717, 1.165) is 6.42 Å². The maximum atomic E-state index is 12.3. The number of nitrogens with one attached hydrogen (secondary N) is 1. The van der Waals surface area contributed by atoms with E-state index in [2.05, 4.69) is 29.6 Å². The molecule has 3 rings (SSSR count). The second kappa shape index (κ2) is 11.6. The molecule has 1 N–H and O–H groups in total. The summed E-state index contributed by atoms with van der Waals surface area (Å²) in [5, 5.41) is 2.85. The van der Waals surface area contributed by atoms with Crippen LogP contribution in [0.25, 0.3) is 0 Å². The quantitative estimate of drug-likeness (QED) is 0.491. The Morgan fingerprint density at radius 3 is 2.03 bits per heavy atom. The lowest BCUT2D eigenvalue weighted by Crippen LogP contribution is -2.30. The Bertz CT molecular complexity index is 933. The summed E-state index contributed by atoms with van der Waals surface area (Å²) in [6.07, 6.45) is 0.737. The molecular formula is C26H27NO4. The zero-order valence-electron chi connectivity index (χ0n) is 17.6. The molecular weight excluding hydrogens is 390 g/mol. The van der Waals surface area contributed by atoms with Gasteiger partial charge < -0.3 is 14.8 Å². The molecule has 31 heavy (non-hydrogen) atoms. The number of hydrogen-bond donors (Lipinski definition) is 1. The molecule has 5 nitrogen and oxygen atoms in total. The van der Waals surface area contributed by atoms with Crippen molar-refractivity contribution in [3.63, 3.8) is 0 Å². The van der Waals surface area contributed by atoms with Gasteiger partial charge >= 0.3 is 5.97 Å². The molecule has 160 valence electrons. The van der Waals surface area contributed by atoms with Crippen molar-refractivity contribution in [3.8, 4) is 5.75 Å². The first kappa shape index (κ1) is 22.1. The number of carbonyl (C=O) groups is 2. The van der Waals surface area contributed by atoms with Crippen molar-refractivity contribution < 1.29 is 19.1 Å². The Morgan fingerprint density at radius 1 is 0.839 bits per heavy atom. The minimum Gasteiger partial charge on any atom is -0.493 e. The summed E-state index contributed by atoms with van der Waals surface area (Å²) in [5.41, 5.74) is 2.70. The summed E-state index contributed by atoms with van der Waals surface area (Å²) in [5.74, 6) is -0.292. The molecule has 0 aliphatic carbocycles. The first-order valence-electron chi connectivity index (χ1n) is 10.4. The highest BCUT2D eigenvalue weighted by atomic mass is 16.5. The van der Waals surface area contributed by atoms with Crippen molar-refractivity contribution >= 4 is 11.9 Å². The molecule has 3 aromatic rings. The van der Waals surface area contributed by atoms with Gasteiger partial charge in [-0.3, -0.25) is 4.79 Å². The third-order valence-electron chi connectivity index (χ3n) is 4.90. The predicted molar refractivity (Wildman–Crippen MR) is 120 cm³/mol. The van der Waals surface area contributed by atoms with Crippen molar-refractivity contribution in [3.05, 3.63) is 102 Å². The maximum absolute atomic E-state index is 12.3. The van der Waals surface area contributed by atoms with E-state index in [1.807, 2.05) is 43.3 Å². The number of amides is 1. The van der Waals surface area contributed by atoms with Gasteiger partial charge in [-0.2, -0.15) is 0 Å². The van der Waals surface area contributed by atoms with Crippen molar-refractivity contribution in [2.45, 2.75) is 19.3 Å². The van der Waals surface area contributed by atoms with Gasteiger partial charge in [0.05, 0.1) is 6.61 Å². The molecule has 0 spiro atoms. The SMILES string of the molecule is CCOc1ccccc1C(=O)OCC(=O)NCCC(c1ccccc1)c1ccccc1. The summed E-state index contributed by atoms with van der Waals surface area (Å²) >= 11 is 0. The van der Waals surface area contributed by atoms with Crippen molar-refractivity contribution in [1.29, 1.82) is 0 Å². The fourth-order valence-corrected chi connectivity index (χ4v) is 3.43. The van der Waals surface area contributed by atoms with Crippen LogP contribution in [-0.2, 0) is 9.53 Å². The maximum Gasteiger partial charge on any atom is 0.342 e. The molecule has 0 atom stereocenters. The highest BCUT2D eigenvalue weighted by molar-refractivity contribution is 5.93. The van der Waals surface area contributed by atoms with Crippen LogP contribution in [-0.4, -0.2) is 31.6 Å². The Kier molecular flexibility index (Phi) is 8.23. The molecule has 0 fully saturated rings. The van der Waals surface area contributed by atoms with E-state index >= 15 is 0 Å². The first-order chi connectivity index (χ1) is 15.2. The number of benzene rings is 3. The molecule has 0 saturated carbocycles. The van der Waals surface area contributed by atoms with Crippen LogP contribution in [0, 0.1) is 0 Å². The molecule has 0 heterocycles. The van der Waals surface area contributed by atoms with Crippen LogP contribution in [0.5, 0.6) is 5.75 Å². The fourth-order valence-electron chi connectivity index (χ4n) is 3.43. The van der Waals surface area contributed by atoms with Crippen LogP contribution in [0.15, 0.2) is 84.9 Å². The first-order valence-corrected chi connectivity index (χ1v) is 10.4. The van der Waals surface area contributed by atoms with E-state index < -0.39 is 5.97 Å². The third kappa shape index (κ3) is 6.44. The van der Waals surface area contributed by atoms with Gasteiger partial charge in [0.2, 0.25) is 0 Å². The number of ether oxygens (including phenoxy) is 2. The Labute approximate surface area is 183 Å². The van der Waals surface area contributed by atoms with Crippen LogP contribution in [0.4, 0.5) is 0 Å². The molecule has 0 aliphatic rings. The molecule has 0 aliphatic heterocycles. The van der Waals surface area contributed by atoms with E-state index in [-0.39, 0.29) is 18.4 Å². The largest absolute Gasteiger partial charge is 0.493 e. The standard InChI is InChI=1S/C26H27NO4/c1-2-30-24-16-10-9-15-23(24)26(29)31-19-25(28)27-18-17-22(20-11-5-3-6-12-20)21-13-7-4-8-14-21/h3-16,22H,2,17-19H2,1H3,(H,27,28). The zero-order chi connectivity index (χ0) is 21.9. The highest BCUT2D eigenvalue weighted by Crippen LogP contribution is 2.27. The Hall–Kier alpha value is -3.60. The van der Waals surface area contributed by atoms with Crippen molar-refractivity contribution in [2.24, 2.45) is 0 Å². The van der Waals surface area contributed by atoms with Gasteiger partial charge in [-0.15, -0.1) is 0 Å².